The Bertz CT molecular complexity index is 518. The zero-order valence-corrected chi connectivity index (χ0v) is 10.9. The molecule has 2 aromatic rings. The number of H-pyrrole nitrogens is 1. The Morgan fingerprint density at radius 2 is 2.28 bits per heavy atom. The van der Waals surface area contributed by atoms with E-state index in [1.54, 1.807) is 0 Å². The van der Waals surface area contributed by atoms with Gasteiger partial charge in [0.05, 0.1) is 23.2 Å². The third-order valence-corrected chi connectivity index (χ3v) is 3.76. The van der Waals surface area contributed by atoms with Gasteiger partial charge in [0.1, 0.15) is 0 Å². The van der Waals surface area contributed by atoms with E-state index in [0.717, 1.165) is 43.1 Å². The molecule has 1 unspecified atom stereocenters. The summed E-state index contributed by atoms with van der Waals surface area (Å²) in [7, 11) is 0. The number of anilines is 1. The number of hydrogen-bond donors (Lipinski definition) is 1. The van der Waals surface area contributed by atoms with Crippen molar-refractivity contribution in [1.82, 2.24) is 9.97 Å². The molecular weight excluding hydrogens is 226 g/mol. The molecule has 1 atom stereocenters. The van der Waals surface area contributed by atoms with Crippen molar-refractivity contribution < 1.29 is 4.74 Å². The molecule has 1 aliphatic rings. The first-order chi connectivity index (χ1) is 8.70. The van der Waals surface area contributed by atoms with Crippen LogP contribution in [-0.4, -0.2) is 35.3 Å². The van der Waals surface area contributed by atoms with Crippen LogP contribution in [0.3, 0.4) is 0 Å². The zero-order chi connectivity index (χ0) is 12.6. The molecule has 0 aliphatic carbocycles. The van der Waals surface area contributed by atoms with Crippen molar-refractivity contribution in [2.24, 2.45) is 0 Å². The topological polar surface area (TPSA) is 41.2 Å². The number of nitrogens with zero attached hydrogens (tertiary/aromatic N) is 2. The van der Waals surface area contributed by atoms with E-state index in [4.69, 9.17) is 4.74 Å². The van der Waals surface area contributed by atoms with E-state index in [2.05, 4.69) is 34.8 Å². The summed E-state index contributed by atoms with van der Waals surface area (Å²) in [6.45, 7) is 6.89. The predicted octanol–water partition coefficient (Wildman–Crippen LogP) is 2.57. The zero-order valence-electron chi connectivity index (χ0n) is 10.9. The second kappa shape index (κ2) is 4.28. The van der Waals surface area contributed by atoms with Gasteiger partial charge in [-0.3, -0.25) is 0 Å². The largest absolute Gasteiger partial charge is 0.372 e. The number of benzene rings is 1. The van der Waals surface area contributed by atoms with Gasteiger partial charge in [-0.05, 0) is 25.5 Å². The minimum Gasteiger partial charge on any atom is -0.372 e. The number of imidazole rings is 1. The highest BCUT2D eigenvalue weighted by Gasteiger charge is 2.31. The van der Waals surface area contributed by atoms with Crippen molar-refractivity contribution >= 4 is 17.0 Å². The van der Waals surface area contributed by atoms with Gasteiger partial charge in [0.25, 0.3) is 0 Å². The summed E-state index contributed by atoms with van der Waals surface area (Å²) < 4.78 is 5.86. The molecule has 0 bridgehead atoms. The van der Waals surface area contributed by atoms with E-state index in [1.165, 1.54) is 0 Å². The van der Waals surface area contributed by atoms with Gasteiger partial charge in [0, 0.05) is 13.1 Å². The lowest BCUT2D eigenvalue weighted by atomic mass is 10.0. The van der Waals surface area contributed by atoms with Crippen LogP contribution in [0.15, 0.2) is 24.3 Å². The number of aromatic nitrogens is 2. The van der Waals surface area contributed by atoms with Crippen LogP contribution in [0.25, 0.3) is 11.0 Å². The maximum Gasteiger partial charge on any atom is 0.204 e. The Labute approximate surface area is 107 Å². The van der Waals surface area contributed by atoms with Crippen molar-refractivity contribution in [3.8, 4) is 0 Å². The monoisotopic (exact) mass is 245 g/mol. The van der Waals surface area contributed by atoms with Crippen LogP contribution < -0.4 is 4.90 Å². The molecule has 2 heterocycles. The number of rotatable bonds is 2. The van der Waals surface area contributed by atoms with E-state index in [0.29, 0.717) is 0 Å². The van der Waals surface area contributed by atoms with Crippen LogP contribution >= 0.6 is 0 Å². The van der Waals surface area contributed by atoms with Crippen LogP contribution in [-0.2, 0) is 4.74 Å². The minimum atomic E-state index is -0.0583. The van der Waals surface area contributed by atoms with Crippen molar-refractivity contribution in [2.75, 3.05) is 24.6 Å². The molecule has 18 heavy (non-hydrogen) atoms. The van der Waals surface area contributed by atoms with Gasteiger partial charge < -0.3 is 14.6 Å². The predicted molar refractivity (Wildman–Crippen MR) is 73.0 cm³/mol. The van der Waals surface area contributed by atoms with Crippen LogP contribution in [0.1, 0.15) is 20.3 Å². The molecule has 1 N–H and O–H groups in total. The van der Waals surface area contributed by atoms with E-state index in [9.17, 15) is 0 Å². The average molecular weight is 245 g/mol. The molecule has 0 spiro atoms. The van der Waals surface area contributed by atoms with E-state index < -0.39 is 0 Å². The Balaban J connectivity index is 1.89. The van der Waals surface area contributed by atoms with Gasteiger partial charge in [-0.25, -0.2) is 4.98 Å². The average Bonchev–Trinajstić information content (AvgIpc) is 2.83. The van der Waals surface area contributed by atoms with E-state index in [-0.39, 0.29) is 5.60 Å². The summed E-state index contributed by atoms with van der Waals surface area (Å²) in [5.74, 6) is 0.958. The highest BCUT2D eigenvalue weighted by atomic mass is 16.5. The highest BCUT2D eigenvalue weighted by Crippen LogP contribution is 2.25. The maximum absolute atomic E-state index is 5.86. The fourth-order valence-corrected chi connectivity index (χ4v) is 2.41. The van der Waals surface area contributed by atoms with Crippen LogP contribution in [0.4, 0.5) is 5.95 Å². The molecule has 1 fully saturated rings. The van der Waals surface area contributed by atoms with Gasteiger partial charge >= 0.3 is 0 Å². The molecule has 1 aromatic carbocycles. The number of aromatic amines is 1. The van der Waals surface area contributed by atoms with Gasteiger partial charge in [-0.1, -0.05) is 19.1 Å². The summed E-state index contributed by atoms with van der Waals surface area (Å²) in [6, 6.07) is 8.14. The molecule has 1 saturated heterocycles. The summed E-state index contributed by atoms with van der Waals surface area (Å²) in [5, 5.41) is 0. The number of ether oxygens (including phenoxy) is 1. The SMILES string of the molecule is CCC1(C)CN(c2nc3ccccc3[nH]2)CCO1. The number of morpholine rings is 1. The highest BCUT2D eigenvalue weighted by molar-refractivity contribution is 5.77. The molecule has 0 amide bonds. The molecule has 0 saturated carbocycles. The first-order valence-electron chi connectivity index (χ1n) is 6.54. The van der Waals surface area contributed by atoms with E-state index >= 15 is 0 Å². The Morgan fingerprint density at radius 1 is 1.44 bits per heavy atom. The first kappa shape index (κ1) is 11.5. The van der Waals surface area contributed by atoms with Gasteiger partial charge in [0.15, 0.2) is 0 Å². The van der Waals surface area contributed by atoms with Crippen molar-refractivity contribution in [3.05, 3.63) is 24.3 Å². The first-order valence-corrected chi connectivity index (χ1v) is 6.54. The number of nitrogens with one attached hydrogen (secondary N) is 1. The fourth-order valence-electron chi connectivity index (χ4n) is 2.41. The Kier molecular flexibility index (Phi) is 2.74. The standard InChI is InChI=1S/C14H19N3O/c1-3-14(2)10-17(8-9-18-14)13-15-11-6-4-5-7-12(11)16-13/h4-7H,3,8-10H2,1-2H3,(H,15,16). The third-order valence-electron chi connectivity index (χ3n) is 3.76. The van der Waals surface area contributed by atoms with Crippen LogP contribution in [0, 0.1) is 0 Å². The molecule has 0 radical (unpaired) electrons. The normalized spacial score (nSPS) is 24.7. The summed E-state index contributed by atoms with van der Waals surface area (Å²) in [5.41, 5.74) is 2.06. The minimum absolute atomic E-state index is 0.0583. The molecule has 96 valence electrons. The van der Waals surface area contributed by atoms with Crippen molar-refractivity contribution in [1.29, 1.82) is 0 Å². The van der Waals surface area contributed by atoms with Gasteiger partial charge in [-0.15, -0.1) is 0 Å². The second-order valence-corrected chi connectivity index (χ2v) is 5.15. The molecule has 1 aliphatic heterocycles. The maximum atomic E-state index is 5.86. The molecule has 3 rings (SSSR count). The lowest BCUT2D eigenvalue weighted by molar-refractivity contribution is -0.0444. The Morgan fingerprint density at radius 3 is 3.06 bits per heavy atom. The number of para-hydroxylation sites is 2. The summed E-state index contributed by atoms with van der Waals surface area (Å²) in [6.07, 6.45) is 1.02. The molecule has 1 aromatic heterocycles. The van der Waals surface area contributed by atoms with Crippen LogP contribution in [0.5, 0.6) is 0 Å². The Hall–Kier alpha value is -1.55. The summed E-state index contributed by atoms with van der Waals surface area (Å²) >= 11 is 0. The lowest BCUT2D eigenvalue weighted by Gasteiger charge is -2.39. The lowest BCUT2D eigenvalue weighted by Crippen LogP contribution is -2.50. The molecule has 4 heteroatoms. The number of fused-ring (bicyclic) bond motifs is 1. The smallest absolute Gasteiger partial charge is 0.204 e. The molecular formula is C14H19N3O. The fraction of sp³-hybridized carbons (Fsp3) is 0.500. The van der Waals surface area contributed by atoms with Crippen LogP contribution in [0.2, 0.25) is 0 Å². The van der Waals surface area contributed by atoms with Crippen molar-refractivity contribution in [2.45, 2.75) is 25.9 Å². The molecule has 4 nitrogen and oxygen atoms in total. The summed E-state index contributed by atoms with van der Waals surface area (Å²) in [4.78, 5) is 10.3. The number of hydrogen-bond acceptors (Lipinski definition) is 3. The van der Waals surface area contributed by atoms with Crippen molar-refractivity contribution in [3.63, 3.8) is 0 Å². The third kappa shape index (κ3) is 1.97. The second-order valence-electron chi connectivity index (χ2n) is 5.15. The van der Waals surface area contributed by atoms with E-state index in [1.807, 2.05) is 18.2 Å². The van der Waals surface area contributed by atoms with Gasteiger partial charge in [0.2, 0.25) is 5.95 Å². The quantitative estimate of drug-likeness (QED) is 0.884. The van der Waals surface area contributed by atoms with Gasteiger partial charge in [-0.2, -0.15) is 0 Å².